The van der Waals surface area contributed by atoms with Gasteiger partial charge in [0.15, 0.2) is 0 Å². The average Bonchev–Trinajstić information content (AvgIpc) is 2.79. The van der Waals surface area contributed by atoms with Crippen molar-refractivity contribution in [1.82, 2.24) is 4.90 Å². The molecule has 0 aromatic heterocycles. The Hall–Kier alpha value is -1.06. The lowest BCUT2D eigenvalue weighted by Crippen LogP contribution is -2.24. The fraction of sp³-hybridized carbons (Fsp3) is 0.500. The molecule has 2 rings (SSSR count). The van der Waals surface area contributed by atoms with Crippen molar-refractivity contribution >= 4 is 5.69 Å². The van der Waals surface area contributed by atoms with Crippen LogP contribution in [0, 0.1) is 0 Å². The Morgan fingerprint density at radius 2 is 1.87 bits per heavy atom. The second-order valence-electron chi connectivity index (χ2n) is 3.87. The number of likely N-dealkylation sites (tertiary alicyclic amines) is 1. The molecule has 0 aliphatic carbocycles. The highest BCUT2D eigenvalue weighted by Crippen LogP contribution is 2.07. The number of nitrogens with one attached hydrogen (secondary N) is 1. The van der Waals surface area contributed by atoms with Crippen molar-refractivity contribution < 1.29 is 4.84 Å². The van der Waals surface area contributed by atoms with Crippen molar-refractivity contribution in [2.75, 3.05) is 31.7 Å². The van der Waals surface area contributed by atoms with E-state index in [-0.39, 0.29) is 0 Å². The molecule has 15 heavy (non-hydrogen) atoms. The monoisotopic (exact) mass is 206 g/mol. The normalized spacial score (nSPS) is 16.8. The summed E-state index contributed by atoms with van der Waals surface area (Å²) in [6, 6.07) is 9.97. The van der Waals surface area contributed by atoms with E-state index in [1.807, 2.05) is 30.3 Å². The van der Waals surface area contributed by atoms with E-state index in [4.69, 9.17) is 4.84 Å². The van der Waals surface area contributed by atoms with Crippen LogP contribution in [-0.2, 0) is 4.84 Å². The van der Waals surface area contributed by atoms with Crippen LogP contribution in [0.5, 0.6) is 0 Å². The lowest BCUT2D eigenvalue weighted by atomic mass is 10.3. The van der Waals surface area contributed by atoms with E-state index in [0.29, 0.717) is 0 Å². The van der Waals surface area contributed by atoms with Crippen molar-refractivity contribution in [3.63, 3.8) is 0 Å². The molecule has 0 bridgehead atoms. The Morgan fingerprint density at radius 1 is 1.13 bits per heavy atom. The van der Waals surface area contributed by atoms with E-state index in [2.05, 4.69) is 10.4 Å². The first-order valence-corrected chi connectivity index (χ1v) is 5.60. The van der Waals surface area contributed by atoms with Gasteiger partial charge in [0.25, 0.3) is 0 Å². The predicted octanol–water partition coefficient (Wildman–Crippen LogP) is 2.13. The highest BCUT2D eigenvalue weighted by atomic mass is 16.6. The predicted molar refractivity (Wildman–Crippen MR) is 61.7 cm³/mol. The molecule has 3 nitrogen and oxygen atoms in total. The first-order chi connectivity index (χ1) is 7.45. The second kappa shape index (κ2) is 5.73. The van der Waals surface area contributed by atoms with Crippen molar-refractivity contribution in [1.29, 1.82) is 0 Å². The van der Waals surface area contributed by atoms with E-state index in [0.717, 1.165) is 18.8 Å². The summed E-state index contributed by atoms with van der Waals surface area (Å²) in [6.07, 6.45) is 2.68. The number of nitrogens with zero attached hydrogens (tertiary/aromatic N) is 1. The summed E-state index contributed by atoms with van der Waals surface area (Å²) in [5.41, 5.74) is 3.95. The highest BCUT2D eigenvalue weighted by Gasteiger charge is 2.10. The third-order valence-corrected chi connectivity index (χ3v) is 2.67. The molecule has 1 heterocycles. The summed E-state index contributed by atoms with van der Waals surface area (Å²) in [4.78, 5) is 7.83. The molecule has 1 N–H and O–H groups in total. The van der Waals surface area contributed by atoms with Crippen LogP contribution in [-0.4, -0.2) is 31.1 Å². The standard InChI is InChI=1S/C12H18N2O/c1-2-6-12(7-3-1)13-15-11-10-14-8-4-5-9-14/h1-3,6-7,13H,4-5,8-11H2. The molecule has 1 aliphatic heterocycles. The molecule has 1 aromatic carbocycles. The van der Waals surface area contributed by atoms with Crippen LogP contribution < -0.4 is 5.48 Å². The number of para-hydroxylation sites is 1. The summed E-state index contributed by atoms with van der Waals surface area (Å²) in [5, 5.41) is 0. The van der Waals surface area contributed by atoms with Crippen molar-refractivity contribution in [2.24, 2.45) is 0 Å². The third-order valence-electron chi connectivity index (χ3n) is 2.67. The zero-order valence-electron chi connectivity index (χ0n) is 8.98. The first kappa shape index (κ1) is 10.5. The van der Waals surface area contributed by atoms with Gasteiger partial charge in [-0.15, -0.1) is 0 Å². The summed E-state index contributed by atoms with van der Waals surface area (Å²) >= 11 is 0. The van der Waals surface area contributed by atoms with Crippen LogP contribution >= 0.6 is 0 Å². The summed E-state index contributed by atoms with van der Waals surface area (Å²) < 4.78 is 0. The van der Waals surface area contributed by atoms with Crippen LogP contribution in [0.4, 0.5) is 5.69 Å². The Bertz CT molecular complexity index is 270. The minimum atomic E-state index is 0.745. The van der Waals surface area contributed by atoms with Crippen molar-refractivity contribution in [2.45, 2.75) is 12.8 Å². The average molecular weight is 206 g/mol. The lowest BCUT2D eigenvalue weighted by molar-refractivity contribution is 0.157. The molecule has 1 saturated heterocycles. The maximum atomic E-state index is 5.39. The van der Waals surface area contributed by atoms with Gasteiger partial charge in [-0.2, -0.15) is 0 Å². The van der Waals surface area contributed by atoms with Crippen LogP contribution in [0.2, 0.25) is 0 Å². The zero-order valence-corrected chi connectivity index (χ0v) is 8.98. The maximum Gasteiger partial charge on any atom is 0.0873 e. The molecular formula is C12H18N2O. The molecule has 3 heteroatoms. The van der Waals surface area contributed by atoms with Gasteiger partial charge in [-0.25, -0.2) is 0 Å². The van der Waals surface area contributed by atoms with E-state index < -0.39 is 0 Å². The van der Waals surface area contributed by atoms with E-state index in [1.165, 1.54) is 25.9 Å². The van der Waals surface area contributed by atoms with E-state index in [9.17, 15) is 0 Å². The largest absolute Gasteiger partial charge is 0.301 e. The van der Waals surface area contributed by atoms with Gasteiger partial charge in [0.05, 0.1) is 12.3 Å². The Kier molecular flexibility index (Phi) is 4.00. The minimum Gasteiger partial charge on any atom is -0.301 e. The van der Waals surface area contributed by atoms with Gasteiger partial charge in [-0.1, -0.05) is 18.2 Å². The molecule has 0 unspecified atom stereocenters. The molecule has 0 spiro atoms. The van der Waals surface area contributed by atoms with Crippen molar-refractivity contribution in [3.05, 3.63) is 30.3 Å². The Balaban J connectivity index is 1.59. The molecule has 1 aliphatic rings. The first-order valence-electron chi connectivity index (χ1n) is 5.60. The van der Waals surface area contributed by atoms with Gasteiger partial charge >= 0.3 is 0 Å². The molecule has 0 amide bonds. The smallest absolute Gasteiger partial charge is 0.0873 e. The zero-order chi connectivity index (χ0) is 10.3. The van der Waals surface area contributed by atoms with Gasteiger partial charge in [0, 0.05) is 6.54 Å². The van der Waals surface area contributed by atoms with Crippen LogP contribution in [0.25, 0.3) is 0 Å². The van der Waals surface area contributed by atoms with E-state index >= 15 is 0 Å². The Labute approximate surface area is 91.0 Å². The summed E-state index contributed by atoms with van der Waals surface area (Å²) in [6.45, 7) is 4.23. The number of hydrogen-bond donors (Lipinski definition) is 1. The van der Waals surface area contributed by atoms with Gasteiger partial charge in [0.2, 0.25) is 0 Å². The molecule has 0 saturated carbocycles. The highest BCUT2D eigenvalue weighted by molar-refractivity contribution is 5.39. The van der Waals surface area contributed by atoms with Crippen LogP contribution in [0.15, 0.2) is 30.3 Å². The fourth-order valence-electron chi connectivity index (χ4n) is 1.82. The Morgan fingerprint density at radius 3 is 2.60 bits per heavy atom. The van der Waals surface area contributed by atoms with Gasteiger partial charge in [0.1, 0.15) is 0 Å². The molecular weight excluding hydrogens is 188 g/mol. The second-order valence-corrected chi connectivity index (χ2v) is 3.87. The number of benzene rings is 1. The maximum absolute atomic E-state index is 5.39. The number of anilines is 1. The molecule has 0 radical (unpaired) electrons. The fourth-order valence-corrected chi connectivity index (χ4v) is 1.82. The molecule has 82 valence electrons. The topological polar surface area (TPSA) is 24.5 Å². The van der Waals surface area contributed by atoms with Gasteiger partial charge in [-0.05, 0) is 38.1 Å². The van der Waals surface area contributed by atoms with Crippen LogP contribution in [0.1, 0.15) is 12.8 Å². The lowest BCUT2D eigenvalue weighted by Gasteiger charge is -2.14. The molecule has 1 fully saturated rings. The van der Waals surface area contributed by atoms with E-state index in [1.54, 1.807) is 0 Å². The number of hydrogen-bond acceptors (Lipinski definition) is 3. The summed E-state index contributed by atoms with van der Waals surface area (Å²) in [7, 11) is 0. The molecule has 0 atom stereocenters. The summed E-state index contributed by atoms with van der Waals surface area (Å²) in [5.74, 6) is 0. The quantitative estimate of drug-likeness (QED) is 0.590. The van der Waals surface area contributed by atoms with Crippen molar-refractivity contribution in [3.8, 4) is 0 Å². The van der Waals surface area contributed by atoms with Gasteiger partial charge < -0.3 is 4.90 Å². The van der Waals surface area contributed by atoms with Crippen LogP contribution in [0.3, 0.4) is 0 Å². The molecule has 1 aromatic rings. The third kappa shape index (κ3) is 3.53. The SMILES string of the molecule is c1ccc(NOCCN2CCCC2)cc1. The van der Waals surface area contributed by atoms with Gasteiger partial charge in [-0.3, -0.25) is 10.3 Å². The number of rotatable bonds is 5. The minimum absolute atomic E-state index is 0.745.